The van der Waals surface area contributed by atoms with Crippen molar-refractivity contribution < 1.29 is 9.47 Å². The zero-order valence-electron chi connectivity index (χ0n) is 12.4. The molecule has 0 bridgehead atoms. The number of benzene rings is 1. The largest absolute Gasteiger partial charge is 0.376 e. The van der Waals surface area contributed by atoms with E-state index in [1.807, 2.05) is 18.2 Å². The van der Waals surface area contributed by atoms with Gasteiger partial charge in [0.25, 0.3) is 0 Å². The summed E-state index contributed by atoms with van der Waals surface area (Å²) in [7, 11) is 0. The maximum absolute atomic E-state index is 6.33. The van der Waals surface area contributed by atoms with Gasteiger partial charge in [-0.15, -0.1) is 0 Å². The highest BCUT2D eigenvalue weighted by Gasteiger charge is 2.24. The molecule has 4 heteroatoms. The third-order valence-corrected chi connectivity index (χ3v) is 4.52. The van der Waals surface area contributed by atoms with E-state index >= 15 is 0 Å². The normalized spacial score (nSPS) is 24.0. The van der Waals surface area contributed by atoms with Crippen LogP contribution in [0.5, 0.6) is 0 Å². The predicted molar refractivity (Wildman–Crippen MR) is 84.8 cm³/mol. The molecule has 0 radical (unpaired) electrons. The second-order valence-electron chi connectivity index (χ2n) is 6.01. The molecular formula is C17H24ClNO2. The van der Waals surface area contributed by atoms with Gasteiger partial charge in [0.2, 0.25) is 0 Å². The lowest BCUT2D eigenvalue weighted by Crippen LogP contribution is -2.30. The number of hydrogen-bond donors (Lipinski definition) is 1. The summed E-state index contributed by atoms with van der Waals surface area (Å²) >= 11 is 6.33. The van der Waals surface area contributed by atoms with E-state index in [9.17, 15) is 0 Å². The number of rotatable bonds is 7. The van der Waals surface area contributed by atoms with Crippen molar-refractivity contribution in [3.63, 3.8) is 0 Å². The van der Waals surface area contributed by atoms with E-state index in [0.717, 1.165) is 30.2 Å². The average molecular weight is 310 g/mol. The summed E-state index contributed by atoms with van der Waals surface area (Å²) in [6.45, 7) is 2.34. The molecule has 3 nitrogen and oxygen atoms in total. The Kier molecular flexibility index (Phi) is 5.53. The van der Waals surface area contributed by atoms with Gasteiger partial charge < -0.3 is 14.8 Å². The minimum atomic E-state index is 0.00447. The average Bonchev–Trinajstić information content (AvgIpc) is 3.34. The zero-order chi connectivity index (χ0) is 14.5. The second kappa shape index (κ2) is 7.59. The van der Waals surface area contributed by atoms with Crippen LogP contribution in [0.4, 0.5) is 0 Å². The van der Waals surface area contributed by atoms with Crippen LogP contribution in [-0.2, 0) is 9.47 Å². The highest BCUT2D eigenvalue weighted by Crippen LogP contribution is 2.27. The topological polar surface area (TPSA) is 30.5 Å². The molecule has 21 heavy (non-hydrogen) atoms. The first kappa shape index (κ1) is 15.3. The molecule has 1 aromatic carbocycles. The van der Waals surface area contributed by atoms with Crippen molar-refractivity contribution in [3.05, 3.63) is 34.9 Å². The fourth-order valence-electron chi connectivity index (χ4n) is 2.72. The van der Waals surface area contributed by atoms with Crippen LogP contribution in [-0.4, -0.2) is 31.9 Å². The molecular weight excluding hydrogens is 286 g/mol. The van der Waals surface area contributed by atoms with Crippen LogP contribution in [0.2, 0.25) is 5.02 Å². The van der Waals surface area contributed by atoms with Gasteiger partial charge in [-0.05, 0) is 38.2 Å². The van der Waals surface area contributed by atoms with E-state index in [0.29, 0.717) is 12.6 Å². The SMILES string of the molecule is Clc1ccccc1C(CNC1CC1)OCC1CCCCO1. The molecule has 1 heterocycles. The van der Waals surface area contributed by atoms with Crippen molar-refractivity contribution in [2.45, 2.75) is 50.4 Å². The Hall–Kier alpha value is -0.610. The molecule has 1 aliphatic heterocycles. The summed E-state index contributed by atoms with van der Waals surface area (Å²) in [6, 6.07) is 8.64. The molecule has 1 saturated carbocycles. The van der Waals surface area contributed by atoms with Gasteiger partial charge in [-0.2, -0.15) is 0 Å². The van der Waals surface area contributed by atoms with Crippen molar-refractivity contribution in [1.82, 2.24) is 5.32 Å². The van der Waals surface area contributed by atoms with Crippen LogP contribution in [0.3, 0.4) is 0 Å². The minimum Gasteiger partial charge on any atom is -0.376 e. The standard InChI is InChI=1S/C17H24ClNO2/c18-16-7-2-1-6-15(16)17(11-19-13-8-9-13)21-12-14-5-3-4-10-20-14/h1-2,6-7,13-14,17,19H,3-5,8-12H2. The van der Waals surface area contributed by atoms with Crippen LogP contribution in [0.25, 0.3) is 0 Å². The van der Waals surface area contributed by atoms with Crippen LogP contribution in [0, 0.1) is 0 Å². The molecule has 2 aliphatic rings. The number of hydrogen-bond acceptors (Lipinski definition) is 3. The molecule has 2 fully saturated rings. The minimum absolute atomic E-state index is 0.00447. The van der Waals surface area contributed by atoms with E-state index in [2.05, 4.69) is 11.4 Å². The highest BCUT2D eigenvalue weighted by molar-refractivity contribution is 6.31. The Balaban J connectivity index is 1.59. The molecule has 3 rings (SSSR count). The van der Waals surface area contributed by atoms with Gasteiger partial charge >= 0.3 is 0 Å². The van der Waals surface area contributed by atoms with Crippen LogP contribution in [0.1, 0.15) is 43.8 Å². The van der Waals surface area contributed by atoms with Gasteiger partial charge in [-0.3, -0.25) is 0 Å². The van der Waals surface area contributed by atoms with Crippen LogP contribution in [0.15, 0.2) is 24.3 Å². The monoisotopic (exact) mass is 309 g/mol. The van der Waals surface area contributed by atoms with Gasteiger partial charge in [0.15, 0.2) is 0 Å². The van der Waals surface area contributed by atoms with Crippen LogP contribution >= 0.6 is 11.6 Å². The third kappa shape index (κ3) is 4.68. The van der Waals surface area contributed by atoms with Gasteiger partial charge in [-0.1, -0.05) is 29.8 Å². The summed E-state index contributed by atoms with van der Waals surface area (Å²) in [5, 5.41) is 4.33. The maximum Gasteiger partial charge on any atom is 0.0964 e. The zero-order valence-corrected chi connectivity index (χ0v) is 13.1. The van der Waals surface area contributed by atoms with Gasteiger partial charge in [0, 0.05) is 29.8 Å². The lowest BCUT2D eigenvalue weighted by Gasteiger charge is -2.26. The quantitative estimate of drug-likeness (QED) is 0.832. The summed E-state index contributed by atoms with van der Waals surface area (Å²) < 4.78 is 11.9. The van der Waals surface area contributed by atoms with E-state index in [1.165, 1.54) is 25.7 Å². The Bertz CT molecular complexity index is 444. The molecule has 1 aromatic rings. The third-order valence-electron chi connectivity index (χ3n) is 4.18. The predicted octanol–water partition coefficient (Wildman–Crippen LogP) is 3.72. The summed E-state index contributed by atoms with van der Waals surface area (Å²) in [6.07, 6.45) is 6.32. The molecule has 116 valence electrons. The number of ether oxygens (including phenoxy) is 2. The summed E-state index contributed by atoms with van der Waals surface area (Å²) in [5.74, 6) is 0. The Morgan fingerprint density at radius 3 is 2.81 bits per heavy atom. The Morgan fingerprint density at radius 2 is 2.10 bits per heavy atom. The highest BCUT2D eigenvalue weighted by atomic mass is 35.5. The second-order valence-corrected chi connectivity index (χ2v) is 6.42. The van der Waals surface area contributed by atoms with Crippen molar-refractivity contribution >= 4 is 11.6 Å². The molecule has 0 aromatic heterocycles. The van der Waals surface area contributed by atoms with E-state index in [4.69, 9.17) is 21.1 Å². The number of nitrogens with one attached hydrogen (secondary N) is 1. The first-order valence-corrected chi connectivity index (χ1v) is 8.42. The van der Waals surface area contributed by atoms with Crippen LogP contribution < -0.4 is 5.32 Å². The molecule has 1 saturated heterocycles. The molecule has 1 N–H and O–H groups in total. The lowest BCUT2D eigenvalue weighted by atomic mass is 10.1. The van der Waals surface area contributed by atoms with E-state index in [1.54, 1.807) is 0 Å². The summed E-state index contributed by atoms with van der Waals surface area (Å²) in [5.41, 5.74) is 1.07. The molecule has 1 aliphatic carbocycles. The van der Waals surface area contributed by atoms with E-state index < -0.39 is 0 Å². The van der Waals surface area contributed by atoms with E-state index in [-0.39, 0.29) is 12.2 Å². The van der Waals surface area contributed by atoms with Crippen molar-refractivity contribution in [2.24, 2.45) is 0 Å². The fourth-order valence-corrected chi connectivity index (χ4v) is 2.98. The van der Waals surface area contributed by atoms with Gasteiger partial charge in [0.1, 0.15) is 0 Å². The number of halogens is 1. The lowest BCUT2D eigenvalue weighted by molar-refractivity contribution is -0.0634. The maximum atomic E-state index is 6.33. The molecule has 2 atom stereocenters. The molecule has 2 unspecified atom stereocenters. The van der Waals surface area contributed by atoms with Gasteiger partial charge in [0.05, 0.1) is 18.8 Å². The van der Waals surface area contributed by atoms with Crippen molar-refractivity contribution in [2.75, 3.05) is 19.8 Å². The fraction of sp³-hybridized carbons (Fsp3) is 0.647. The Labute approximate surface area is 132 Å². The molecule has 0 amide bonds. The Morgan fingerprint density at radius 1 is 1.24 bits per heavy atom. The molecule has 0 spiro atoms. The summed E-state index contributed by atoms with van der Waals surface area (Å²) in [4.78, 5) is 0. The van der Waals surface area contributed by atoms with Crippen molar-refractivity contribution in [1.29, 1.82) is 0 Å². The first-order chi connectivity index (χ1) is 10.3. The van der Waals surface area contributed by atoms with Gasteiger partial charge in [-0.25, -0.2) is 0 Å². The smallest absolute Gasteiger partial charge is 0.0964 e. The first-order valence-electron chi connectivity index (χ1n) is 8.04. The van der Waals surface area contributed by atoms with Crippen molar-refractivity contribution in [3.8, 4) is 0 Å².